The van der Waals surface area contributed by atoms with Crippen LogP contribution in [0.1, 0.15) is 0 Å². The summed E-state index contributed by atoms with van der Waals surface area (Å²) in [7, 11) is -2.76. The maximum Gasteiger partial charge on any atom is 0.220 e. The van der Waals surface area contributed by atoms with Crippen molar-refractivity contribution in [2.24, 2.45) is 0 Å². The summed E-state index contributed by atoms with van der Waals surface area (Å²) in [4.78, 5) is 0. The van der Waals surface area contributed by atoms with Crippen LogP contribution in [-0.2, 0) is 0 Å². The Morgan fingerprint density at radius 2 is 1.20 bits per heavy atom. The molecule has 1 nitrogen and oxygen atoms in total. The van der Waals surface area contributed by atoms with Crippen LogP contribution in [0.3, 0.4) is 0 Å². The van der Waals surface area contributed by atoms with Gasteiger partial charge in [0.2, 0.25) is 3.79 Å². The first-order valence-electron chi connectivity index (χ1n) is 4.69. The minimum Gasteiger partial charge on any atom is -0.376 e. The summed E-state index contributed by atoms with van der Waals surface area (Å²) in [5.41, 5.74) is 0. The molecule has 15 heavy (non-hydrogen) atoms. The van der Waals surface area contributed by atoms with Gasteiger partial charge in [-0.25, -0.2) is 0 Å². The molecule has 0 aliphatic carbocycles. The highest BCUT2D eigenvalue weighted by Gasteiger charge is 2.47. The Labute approximate surface area is 123 Å². The van der Waals surface area contributed by atoms with E-state index in [1.165, 1.54) is 0 Å². The summed E-state index contributed by atoms with van der Waals surface area (Å²) in [5, 5.41) is 0. The summed E-state index contributed by atoms with van der Waals surface area (Å²) in [6.07, 6.45) is 0. The van der Waals surface area contributed by atoms with Crippen molar-refractivity contribution in [2.45, 2.75) is 33.9 Å². The van der Waals surface area contributed by atoms with Crippen molar-refractivity contribution >= 4 is 85.6 Å². The molecule has 0 atom stereocenters. The lowest BCUT2D eigenvalue weighted by molar-refractivity contribution is 0.948. The summed E-state index contributed by atoms with van der Waals surface area (Å²) in [5.74, 6) is 0. The van der Waals surface area contributed by atoms with Gasteiger partial charge < -0.3 is 3.90 Å². The Kier molecular flexibility index (Phi) is 7.16. The second kappa shape index (κ2) is 6.29. The highest BCUT2D eigenvalue weighted by Crippen LogP contribution is 2.45. The fraction of sp³-hybridized carbons (Fsp3) is 1.00. The first-order chi connectivity index (χ1) is 6.49. The predicted molar refractivity (Wildman–Crippen MR) is 82.9 cm³/mol. The fourth-order valence-corrected chi connectivity index (χ4v) is 14.0. The second-order valence-electron chi connectivity index (χ2n) is 4.06. The standard InChI is InChI=1S/C6H16Cl5NSi3/c1-14(2)12(15(3)4)13-6(10,11)5(7,8)9/h14-15H,13H2,1-4H3. The zero-order valence-corrected chi connectivity index (χ0v) is 16.7. The molecule has 0 rings (SSSR count). The van der Waals surface area contributed by atoms with Gasteiger partial charge in [-0.15, -0.1) is 23.2 Å². The van der Waals surface area contributed by atoms with Crippen molar-refractivity contribution in [3.05, 3.63) is 0 Å². The lowest BCUT2D eigenvalue weighted by atomic mass is 10.9. The van der Waals surface area contributed by atoms with E-state index in [9.17, 15) is 0 Å². The van der Waals surface area contributed by atoms with E-state index in [2.05, 4.69) is 30.1 Å². The van der Waals surface area contributed by atoms with Gasteiger partial charge >= 0.3 is 0 Å². The zero-order chi connectivity index (χ0) is 12.4. The van der Waals surface area contributed by atoms with Crippen LogP contribution in [0.15, 0.2) is 0 Å². The molecule has 0 unspecified atom stereocenters. The van der Waals surface area contributed by atoms with E-state index in [0.717, 1.165) is 0 Å². The number of rotatable bonds is 4. The molecule has 0 aromatic rings. The normalized spacial score (nSPS) is 15.2. The average Bonchev–Trinajstić information content (AvgIpc) is 1.96. The molecule has 0 spiro atoms. The van der Waals surface area contributed by atoms with Crippen molar-refractivity contribution in [3.8, 4) is 0 Å². The summed E-state index contributed by atoms with van der Waals surface area (Å²) >= 11 is 29.6. The van der Waals surface area contributed by atoms with Gasteiger partial charge in [-0.1, -0.05) is 61.0 Å². The Hall–Kier alpha value is 2.06. The number of alkyl halides is 5. The van der Waals surface area contributed by atoms with Crippen LogP contribution in [0.25, 0.3) is 0 Å². The molecule has 0 saturated heterocycles. The monoisotopic (exact) mass is 361 g/mol. The van der Waals surface area contributed by atoms with E-state index in [1.54, 1.807) is 0 Å². The minimum absolute atomic E-state index is 0.903. The number of halogens is 5. The zero-order valence-electron chi connectivity index (χ0n) is 9.20. The molecule has 0 heterocycles. The van der Waals surface area contributed by atoms with Gasteiger partial charge in [0.25, 0.3) is 0 Å². The molecule has 0 radical (unpaired) electrons. The van der Waals surface area contributed by atoms with Gasteiger partial charge in [0.05, 0.1) is 17.9 Å². The molecule has 0 aromatic carbocycles. The Morgan fingerprint density at radius 3 is 1.40 bits per heavy atom. The van der Waals surface area contributed by atoms with Crippen LogP contribution >= 0.6 is 58.0 Å². The van der Waals surface area contributed by atoms with Crippen LogP contribution in [0.5, 0.6) is 0 Å². The molecule has 92 valence electrons. The Morgan fingerprint density at radius 1 is 0.867 bits per heavy atom. The third-order valence-corrected chi connectivity index (χ3v) is 18.6. The maximum absolute atomic E-state index is 6.13. The Balaban J connectivity index is 4.68. The van der Waals surface area contributed by atoms with Crippen molar-refractivity contribution in [1.29, 1.82) is 0 Å². The van der Waals surface area contributed by atoms with Crippen LogP contribution in [-0.4, -0.2) is 39.2 Å². The Bertz CT molecular complexity index is 197. The van der Waals surface area contributed by atoms with Gasteiger partial charge in [0, 0.05) is 0 Å². The van der Waals surface area contributed by atoms with Crippen molar-refractivity contribution in [1.82, 2.24) is 3.90 Å². The van der Waals surface area contributed by atoms with Crippen LogP contribution in [0, 0.1) is 0 Å². The van der Waals surface area contributed by atoms with Gasteiger partial charge in [-0.3, -0.25) is 0 Å². The minimum atomic E-state index is -1.59. The second-order valence-corrected chi connectivity index (χ2v) is 18.6. The molecule has 0 aliphatic rings. The molecule has 9 heteroatoms. The third kappa shape index (κ3) is 5.48. The SMILES string of the molecule is C[SiH](C)N([SiH2]C(Cl)(Cl)C(Cl)(Cl)Cl)[SiH](C)C. The molecular formula is C6H16Cl5NSi3. The topological polar surface area (TPSA) is 3.24 Å². The molecular weight excluding hydrogens is 348 g/mol. The molecule has 0 aromatic heterocycles. The van der Waals surface area contributed by atoms with Gasteiger partial charge in [0.1, 0.15) is 9.68 Å². The van der Waals surface area contributed by atoms with E-state index in [0.29, 0.717) is 0 Å². The molecule has 0 aliphatic heterocycles. The lowest BCUT2D eigenvalue weighted by Crippen LogP contribution is -2.55. The van der Waals surface area contributed by atoms with Crippen molar-refractivity contribution < 1.29 is 0 Å². The predicted octanol–water partition coefficient (Wildman–Crippen LogP) is 2.84. The van der Waals surface area contributed by atoms with E-state index < -0.39 is 35.3 Å². The fourth-order valence-electron chi connectivity index (χ4n) is 1.28. The maximum atomic E-state index is 6.13. The molecule has 0 fully saturated rings. The first kappa shape index (κ1) is 17.1. The van der Waals surface area contributed by atoms with Gasteiger partial charge in [0.15, 0.2) is 3.96 Å². The van der Waals surface area contributed by atoms with E-state index in [1.807, 2.05) is 0 Å². The average molecular weight is 364 g/mol. The molecule has 0 amide bonds. The van der Waals surface area contributed by atoms with Crippen LogP contribution < -0.4 is 0 Å². The van der Waals surface area contributed by atoms with E-state index in [4.69, 9.17) is 58.0 Å². The number of hydrogen-bond donors (Lipinski definition) is 0. The number of nitrogens with zero attached hydrogens (tertiary/aromatic N) is 1. The first-order valence-corrected chi connectivity index (χ1v) is 13.6. The van der Waals surface area contributed by atoms with E-state index >= 15 is 0 Å². The highest BCUT2D eigenvalue weighted by molar-refractivity contribution is 6.91. The van der Waals surface area contributed by atoms with Crippen molar-refractivity contribution in [2.75, 3.05) is 0 Å². The largest absolute Gasteiger partial charge is 0.376 e. The van der Waals surface area contributed by atoms with Crippen LogP contribution in [0.2, 0.25) is 26.2 Å². The van der Waals surface area contributed by atoms with Gasteiger partial charge in [-0.2, -0.15) is 0 Å². The lowest BCUT2D eigenvalue weighted by Gasteiger charge is -2.37. The quantitative estimate of drug-likeness (QED) is 0.548. The molecule has 0 saturated carbocycles. The van der Waals surface area contributed by atoms with Crippen LogP contribution in [0.4, 0.5) is 0 Å². The van der Waals surface area contributed by atoms with Crippen molar-refractivity contribution in [3.63, 3.8) is 0 Å². The molecule has 0 bridgehead atoms. The third-order valence-electron chi connectivity index (χ3n) is 2.12. The number of hydrogen-bond acceptors (Lipinski definition) is 1. The highest BCUT2D eigenvalue weighted by atomic mass is 35.6. The summed E-state index contributed by atoms with van der Waals surface area (Å²) in [6, 6.07) is 0. The summed E-state index contributed by atoms with van der Waals surface area (Å²) in [6.45, 7) is 9.01. The summed E-state index contributed by atoms with van der Waals surface area (Å²) < 4.78 is -0.304. The smallest absolute Gasteiger partial charge is 0.220 e. The van der Waals surface area contributed by atoms with E-state index in [-0.39, 0.29) is 0 Å². The van der Waals surface area contributed by atoms with Gasteiger partial charge in [-0.05, 0) is 0 Å². The molecule has 0 N–H and O–H groups in total.